The van der Waals surface area contributed by atoms with Gasteiger partial charge in [0, 0.05) is 12.0 Å². The van der Waals surface area contributed by atoms with Gasteiger partial charge in [0.25, 0.3) is 0 Å². The van der Waals surface area contributed by atoms with Crippen molar-refractivity contribution in [3.63, 3.8) is 0 Å². The van der Waals surface area contributed by atoms with Gasteiger partial charge >= 0.3 is 0 Å². The van der Waals surface area contributed by atoms with E-state index < -0.39 is 0 Å². The Kier molecular flexibility index (Phi) is 2.73. The number of hydrogen-bond donors (Lipinski definition) is 1. The molecule has 80 valence electrons. The third-order valence-electron chi connectivity index (χ3n) is 2.85. The molecule has 3 heteroatoms. The van der Waals surface area contributed by atoms with E-state index >= 15 is 0 Å². The Bertz CT molecular complexity index is 399. The van der Waals surface area contributed by atoms with Crippen molar-refractivity contribution in [2.75, 3.05) is 6.61 Å². The molecular weight excluding hydrogens is 190 g/mol. The summed E-state index contributed by atoms with van der Waals surface area (Å²) >= 11 is 0. The molecule has 0 radical (unpaired) electrons. The van der Waals surface area contributed by atoms with Crippen LogP contribution in [0.1, 0.15) is 23.1 Å². The highest BCUT2D eigenvalue weighted by Crippen LogP contribution is 2.20. The lowest BCUT2D eigenvalue weighted by Crippen LogP contribution is -2.13. The summed E-state index contributed by atoms with van der Waals surface area (Å²) in [5.74, 6) is 0. The van der Waals surface area contributed by atoms with E-state index in [0.717, 1.165) is 11.3 Å². The summed E-state index contributed by atoms with van der Waals surface area (Å²) < 4.78 is 0. The molecule has 0 bridgehead atoms. The molecule has 0 spiro atoms. The van der Waals surface area contributed by atoms with Gasteiger partial charge in [0.05, 0.1) is 12.3 Å². The normalized spacial score (nSPS) is 19.9. The van der Waals surface area contributed by atoms with Crippen LogP contribution in [0.5, 0.6) is 0 Å². The molecule has 0 aliphatic carbocycles. The lowest BCUT2D eigenvalue weighted by molar-refractivity contribution is 0.0390. The van der Waals surface area contributed by atoms with Gasteiger partial charge in [-0.2, -0.15) is 0 Å². The van der Waals surface area contributed by atoms with E-state index in [0.29, 0.717) is 6.42 Å². The van der Waals surface area contributed by atoms with Crippen LogP contribution >= 0.6 is 0 Å². The van der Waals surface area contributed by atoms with Crippen LogP contribution in [0.4, 0.5) is 0 Å². The van der Waals surface area contributed by atoms with Gasteiger partial charge in [0.1, 0.15) is 0 Å². The van der Waals surface area contributed by atoms with Gasteiger partial charge in [-0.3, -0.25) is 0 Å². The Morgan fingerprint density at radius 1 is 1.47 bits per heavy atom. The lowest BCUT2D eigenvalue weighted by atomic mass is 9.97. The zero-order chi connectivity index (χ0) is 10.8. The van der Waals surface area contributed by atoms with Crippen molar-refractivity contribution >= 4 is 5.71 Å². The Hall–Kier alpha value is -1.35. The molecule has 0 aromatic heterocycles. The molecule has 3 nitrogen and oxygen atoms in total. The molecule has 1 atom stereocenters. The molecule has 15 heavy (non-hydrogen) atoms. The van der Waals surface area contributed by atoms with Crippen molar-refractivity contribution < 1.29 is 9.94 Å². The fourth-order valence-corrected chi connectivity index (χ4v) is 1.75. The number of oxime groups is 1. The molecule has 0 saturated heterocycles. The molecule has 1 N–H and O–H groups in total. The molecule has 1 aliphatic heterocycles. The van der Waals surface area contributed by atoms with E-state index in [9.17, 15) is 0 Å². The van der Waals surface area contributed by atoms with Crippen molar-refractivity contribution in [3.8, 4) is 0 Å². The van der Waals surface area contributed by atoms with E-state index in [4.69, 9.17) is 9.94 Å². The van der Waals surface area contributed by atoms with Crippen LogP contribution in [0.25, 0.3) is 0 Å². The zero-order valence-electron chi connectivity index (χ0n) is 9.03. The highest BCUT2D eigenvalue weighted by molar-refractivity contribution is 6.02. The molecule has 1 heterocycles. The van der Waals surface area contributed by atoms with Crippen LogP contribution in [-0.2, 0) is 4.84 Å². The van der Waals surface area contributed by atoms with Crippen molar-refractivity contribution in [1.29, 1.82) is 0 Å². The Labute approximate surface area is 89.4 Å². The third kappa shape index (κ3) is 1.88. The smallest absolute Gasteiger partial charge is 0.156 e. The first-order valence-corrected chi connectivity index (χ1v) is 5.12. The first-order chi connectivity index (χ1) is 7.22. The molecule has 1 aromatic rings. The summed E-state index contributed by atoms with van der Waals surface area (Å²) in [6, 6.07) is 6.15. The average molecular weight is 205 g/mol. The molecule has 2 rings (SSSR count). The SMILES string of the molecule is Cc1cccc(C2=NOC(CO)C2)c1C. The number of aliphatic hydroxyl groups excluding tert-OH is 1. The van der Waals surface area contributed by atoms with Gasteiger partial charge in [-0.1, -0.05) is 23.4 Å². The van der Waals surface area contributed by atoms with E-state index in [1.807, 2.05) is 12.1 Å². The molecule has 1 unspecified atom stereocenters. The minimum atomic E-state index is -0.167. The van der Waals surface area contributed by atoms with E-state index in [2.05, 4.69) is 25.1 Å². The summed E-state index contributed by atoms with van der Waals surface area (Å²) in [5.41, 5.74) is 4.56. The van der Waals surface area contributed by atoms with E-state index in [-0.39, 0.29) is 12.7 Å². The van der Waals surface area contributed by atoms with Crippen molar-refractivity contribution in [2.45, 2.75) is 26.4 Å². The van der Waals surface area contributed by atoms with Crippen molar-refractivity contribution in [2.24, 2.45) is 5.16 Å². The van der Waals surface area contributed by atoms with E-state index in [1.165, 1.54) is 11.1 Å². The Morgan fingerprint density at radius 2 is 2.27 bits per heavy atom. The minimum absolute atomic E-state index is 0.0257. The van der Waals surface area contributed by atoms with Gasteiger partial charge in [-0.15, -0.1) is 0 Å². The van der Waals surface area contributed by atoms with E-state index in [1.54, 1.807) is 0 Å². The van der Waals surface area contributed by atoms with Crippen molar-refractivity contribution in [1.82, 2.24) is 0 Å². The average Bonchev–Trinajstić information content (AvgIpc) is 2.70. The molecular formula is C12H15NO2. The number of rotatable bonds is 2. The monoisotopic (exact) mass is 205 g/mol. The number of benzene rings is 1. The first-order valence-electron chi connectivity index (χ1n) is 5.12. The second-order valence-corrected chi connectivity index (χ2v) is 3.90. The number of nitrogens with zero attached hydrogens (tertiary/aromatic N) is 1. The predicted molar refractivity (Wildman–Crippen MR) is 59.0 cm³/mol. The maximum absolute atomic E-state index is 8.96. The standard InChI is InChI=1S/C12H15NO2/c1-8-4-3-5-11(9(8)2)12-6-10(7-14)15-13-12/h3-5,10,14H,6-7H2,1-2H3. The van der Waals surface area contributed by atoms with Crippen LogP contribution in [0.2, 0.25) is 0 Å². The third-order valence-corrected chi connectivity index (χ3v) is 2.85. The quantitative estimate of drug-likeness (QED) is 0.799. The number of aryl methyl sites for hydroxylation is 1. The highest BCUT2D eigenvalue weighted by atomic mass is 16.6. The predicted octanol–water partition coefficient (Wildman–Crippen LogP) is 1.79. The van der Waals surface area contributed by atoms with Crippen molar-refractivity contribution in [3.05, 3.63) is 34.9 Å². The lowest BCUT2D eigenvalue weighted by Gasteiger charge is -2.07. The Balaban J connectivity index is 2.28. The molecule has 1 aliphatic rings. The summed E-state index contributed by atoms with van der Waals surface area (Å²) in [6.45, 7) is 4.19. The maximum atomic E-state index is 8.96. The topological polar surface area (TPSA) is 41.8 Å². The largest absolute Gasteiger partial charge is 0.392 e. The first kappa shape index (κ1) is 10.2. The van der Waals surface area contributed by atoms with Crippen LogP contribution in [0.3, 0.4) is 0 Å². The second kappa shape index (κ2) is 4.03. The summed E-state index contributed by atoms with van der Waals surface area (Å²) in [5, 5.41) is 13.0. The molecule has 0 amide bonds. The van der Waals surface area contributed by atoms with Gasteiger partial charge in [-0.05, 0) is 25.0 Å². The Morgan fingerprint density at radius 3 is 2.93 bits per heavy atom. The van der Waals surface area contributed by atoms with Crippen LogP contribution in [0, 0.1) is 13.8 Å². The molecule has 1 aromatic carbocycles. The summed E-state index contributed by atoms with van der Waals surface area (Å²) in [4.78, 5) is 5.10. The van der Waals surface area contributed by atoms with Gasteiger partial charge in [-0.25, -0.2) is 0 Å². The molecule has 0 saturated carbocycles. The van der Waals surface area contributed by atoms with Crippen LogP contribution in [-0.4, -0.2) is 23.5 Å². The zero-order valence-corrected chi connectivity index (χ0v) is 9.03. The second-order valence-electron chi connectivity index (χ2n) is 3.90. The van der Waals surface area contributed by atoms with Gasteiger partial charge in [0.15, 0.2) is 6.10 Å². The highest BCUT2D eigenvalue weighted by Gasteiger charge is 2.22. The van der Waals surface area contributed by atoms with Gasteiger partial charge < -0.3 is 9.94 Å². The molecule has 0 fully saturated rings. The minimum Gasteiger partial charge on any atom is -0.392 e. The van der Waals surface area contributed by atoms with Gasteiger partial charge in [0.2, 0.25) is 0 Å². The maximum Gasteiger partial charge on any atom is 0.156 e. The number of aliphatic hydroxyl groups is 1. The number of hydrogen-bond acceptors (Lipinski definition) is 3. The summed E-state index contributed by atoms with van der Waals surface area (Å²) in [6.07, 6.45) is 0.528. The fraction of sp³-hybridized carbons (Fsp3) is 0.417. The van der Waals surface area contributed by atoms with Crippen LogP contribution in [0.15, 0.2) is 23.4 Å². The van der Waals surface area contributed by atoms with Crippen LogP contribution < -0.4 is 0 Å². The summed E-state index contributed by atoms with van der Waals surface area (Å²) in [7, 11) is 0. The fourth-order valence-electron chi connectivity index (χ4n) is 1.75.